The molecule has 1 unspecified atom stereocenters. The fourth-order valence-electron chi connectivity index (χ4n) is 4.72. The van der Waals surface area contributed by atoms with Crippen LogP contribution in [0.1, 0.15) is 75.7 Å². The predicted octanol–water partition coefficient (Wildman–Crippen LogP) is 4.00. The van der Waals surface area contributed by atoms with Gasteiger partial charge in [0.2, 0.25) is 0 Å². The van der Waals surface area contributed by atoms with Crippen molar-refractivity contribution in [3.05, 3.63) is 23.3 Å². The van der Waals surface area contributed by atoms with Crippen LogP contribution >= 0.6 is 0 Å². The lowest BCUT2D eigenvalue weighted by molar-refractivity contribution is -0.157. The summed E-state index contributed by atoms with van der Waals surface area (Å²) in [5.74, 6) is 1.10. The van der Waals surface area contributed by atoms with Gasteiger partial charge in [-0.3, -0.25) is 9.59 Å². The van der Waals surface area contributed by atoms with E-state index in [2.05, 4.69) is 5.32 Å². The second-order valence-corrected chi connectivity index (χ2v) is 9.69. The number of esters is 1. The normalized spacial score (nSPS) is 28.5. The van der Waals surface area contributed by atoms with Gasteiger partial charge in [0.25, 0.3) is 11.7 Å². The summed E-state index contributed by atoms with van der Waals surface area (Å²) in [6.45, 7) is 8.35. The minimum absolute atomic E-state index is 0.0473. The molecule has 1 saturated carbocycles. The molecule has 1 aromatic rings. The van der Waals surface area contributed by atoms with E-state index in [1.165, 1.54) is 0 Å². The first kappa shape index (κ1) is 20.0. The molecule has 2 aliphatic heterocycles. The fraction of sp³-hybridized carbons (Fsp3) is 0.652. The maximum atomic E-state index is 12.1. The summed E-state index contributed by atoms with van der Waals surface area (Å²) >= 11 is 0. The molecule has 1 fully saturated rings. The summed E-state index contributed by atoms with van der Waals surface area (Å²) in [5.41, 5.74) is 1.26. The van der Waals surface area contributed by atoms with E-state index in [1.54, 1.807) is 0 Å². The Morgan fingerprint density at radius 1 is 1.17 bits per heavy atom. The molecule has 4 rings (SSSR count). The van der Waals surface area contributed by atoms with E-state index < -0.39 is 11.4 Å². The Hall–Kier alpha value is -2.24. The molecular weight excluding hydrogens is 370 g/mol. The predicted molar refractivity (Wildman–Crippen MR) is 108 cm³/mol. The molecule has 1 N–H and O–H groups in total. The molecule has 158 valence electrons. The first-order valence-electron chi connectivity index (χ1n) is 10.7. The van der Waals surface area contributed by atoms with Gasteiger partial charge in [-0.25, -0.2) is 0 Å². The molecule has 2 heterocycles. The smallest absolute Gasteiger partial charge is 0.306 e. The summed E-state index contributed by atoms with van der Waals surface area (Å²) in [4.78, 5) is 24.2. The Bertz CT molecular complexity index is 819. The summed E-state index contributed by atoms with van der Waals surface area (Å²) in [6.07, 6.45) is 5.09. The Labute approximate surface area is 172 Å². The molecule has 0 saturated heterocycles. The topological polar surface area (TPSA) is 73.9 Å². The van der Waals surface area contributed by atoms with Gasteiger partial charge in [-0.05, 0) is 76.5 Å². The van der Waals surface area contributed by atoms with Crippen molar-refractivity contribution in [2.75, 3.05) is 6.54 Å². The van der Waals surface area contributed by atoms with Gasteiger partial charge in [0.15, 0.2) is 11.5 Å². The van der Waals surface area contributed by atoms with Gasteiger partial charge in [0, 0.05) is 31.4 Å². The molecule has 1 aliphatic carbocycles. The van der Waals surface area contributed by atoms with Crippen LogP contribution in [0.3, 0.4) is 0 Å². The first-order valence-corrected chi connectivity index (χ1v) is 10.7. The highest BCUT2D eigenvalue weighted by Crippen LogP contribution is 2.48. The highest BCUT2D eigenvalue weighted by Gasteiger charge is 2.46. The standard InChI is InChI=1S/C23H31NO5/c1-22(2,3)29-20(25)11-14-5-7-16(8-6-14)23(4)27-18-12-15-9-10-24-21(26)17(15)13-19(18)28-23/h12-14,16H,5-11H2,1-4H3,(H,24,26). The number of amides is 1. The number of hydrogen-bond donors (Lipinski definition) is 1. The fourth-order valence-corrected chi connectivity index (χ4v) is 4.72. The van der Waals surface area contributed by atoms with Gasteiger partial charge in [-0.15, -0.1) is 0 Å². The lowest BCUT2D eigenvalue weighted by atomic mass is 9.77. The van der Waals surface area contributed by atoms with E-state index in [9.17, 15) is 9.59 Å². The molecule has 6 heteroatoms. The van der Waals surface area contributed by atoms with E-state index in [0.717, 1.165) is 43.4 Å². The van der Waals surface area contributed by atoms with Crippen molar-refractivity contribution in [3.8, 4) is 11.5 Å². The number of rotatable bonds is 3. The summed E-state index contributed by atoms with van der Waals surface area (Å²) in [7, 11) is 0. The van der Waals surface area contributed by atoms with Gasteiger partial charge in [0.1, 0.15) is 5.60 Å². The monoisotopic (exact) mass is 401 g/mol. The van der Waals surface area contributed by atoms with Crippen LogP contribution in [0.5, 0.6) is 11.5 Å². The number of benzene rings is 1. The average Bonchev–Trinajstić information content (AvgIpc) is 2.95. The minimum Gasteiger partial charge on any atom is -0.460 e. The zero-order valence-electron chi connectivity index (χ0n) is 17.8. The number of hydrogen-bond acceptors (Lipinski definition) is 5. The van der Waals surface area contributed by atoms with Crippen molar-refractivity contribution in [2.45, 2.75) is 77.6 Å². The van der Waals surface area contributed by atoms with Crippen LogP contribution < -0.4 is 14.8 Å². The van der Waals surface area contributed by atoms with Crippen LogP contribution in [-0.4, -0.2) is 29.8 Å². The first-order chi connectivity index (χ1) is 13.6. The molecule has 3 aliphatic rings. The lowest BCUT2D eigenvalue weighted by Crippen LogP contribution is -2.44. The number of fused-ring (bicyclic) bond motifs is 2. The van der Waals surface area contributed by atoms with E-state index in [-0.39, 0.29) is 17.8 Å². The third kappa shape index (κ3) is 4.21. The van der Waals surface area contributed by atoms with Gasteiger partial charge in [0.05, 0.1) is 0 Å². The lowest BCUT2D eigenvalue weighted by Gasteiger charge is -2.37. The molecule has 29 heavy (non-hydrogen) atoms. The Balaban J connectivity index is 1.37. The second kappa shape index (κ2) is 7.22. The zero-order valence-corrected chi connectivity index (χ0v) is 17.8. The Kier molecular flexibility index (Phi) is 4.99. The van der Waals surface area contributed by atoms with Crippen LogP contribution in [-0.2, 0) is 16.0 Å². The number of carbonyl (C=O) groups is 2. The molecule has 1 atom stereocenters. The quantitative estimate of drug-likeness (QED) is 0.775. The summed E-state index contributed by atoms with van der Waals surface area (Å²) < 4.78 is 18.0. The van der Waals surface area contributed by atoms with Crippen molar-refractivity contribution in [2.24, 2.45) is 11.8 Å². The van der Waals surface area contributed by atoms with Crippen molar-refractivity contribution < 1.29 is 23.8 Å². The number of nitrogens with one attached hydrogen (secondary N) is 1. The summed E-state index contributed by atoms with van der Waals surface area (Å²) in [6, 6.07) is 3.78. The van der Waals surface area contributed by atoms with Gasteiger partial charge in [-0.2, -0.15) is 0 Å². The van der Waals surface area contributed by atoms with Gasteiger partial charge >= 0.3 is 5.97 Å². The van der Waals surface area contributed by atoms with E-state index >= 15 is 0 Å². The molecule has 0 bridgehead atoms. The van der Waals surface area contributed by atoms with Crippen molar-refractivity contribution in [1.82, 2.24) is 5.32 Å². The number of ether oxygens (including phenoxy) is 3. The van der Waals surface area contributed by atoms with Crippen LogP contribution in [0.25, 0.3) is 0 Å². The van der Waals surface area contributed by atoms with Crippen molar-refractivity contribution in [3.63, 3.8) is 0 Å². The maximum absolute atomic E-state index is 12.1. The Morgan fingerprint density at radius 3 is 2.48 bits per heavy atom. The van der Waals surface area contributed by atoms with Crippen molar-refractivity contribution in [1.29, 1.82) is 0 Å². The van der Waals surface area contributed by atoms with Crippen molar-refractivity contribution >= 4 is 11.9 Å². The average molecular weight is 402 g/mol. The molecule has 0 spiro atoms. The molecular formula is C23H31NO5. The van der Waals surface area contributed by atoms with Gasteiger partial charge < -0.3 is 19.5 Å². The minimum atomic E-state index is -0.723. The number of carbonyl (C=O) groups excluding carboxylic acids is 2. The van der Waals surface area contributed by atoms with E-state index in [4.69, 9.17) is 14.2 Å². The van der Waals surface area contributed by atoms with Crippen LogP contribution in [0.2, 0.25) is 0 Å². The van der Waals surface area contributed by atoms with Crippen LogP contribution in [0, 0.1) is 11.8 Å². The summed E-state index contributed by atoms with van der Waals surface area (Å²) in [5, 5.41) is 2.87. The highest BCUT2D eigenvalue weighted by atomic mass is 16.7. The van der Waals surface area contributed by atoms with E-state index in [1.807, 2.05) is 39.8 Å². The zero-order chi connectivity index (χ0) is 20.8. The molecule has 6 nitrogen and oxygen atoms in total. The molecule has 0 aromatic heterocycles. The van der Waals surface area contributed by atoms with E-state index in [0.29, 0.717) is 30.2 Å². The Morgan fingerprint density at radius 2 is 1.83 bits per heavy atom. The molecule has 1 aromatic carbocycles. The van der Waals surface area contributed by atoms with Gasteiger partial charge in [-0.1, -0.05) is 0 Å². The van der Waals surface area contributed by atoms with Crippen LogP contribution in [0.15, 0.2) is 12.1 Å². The molecule has 1 amide bonds. The second-order valence-electron chi connectivity index (χ2n) is 9.69. The maximum Gasteiger partial charge on any atom is 0.306 e. The van der Waals surface area contributed by atoms with Crippen LogP contribution in [0.4, 0.5) is 0 Å². The highest BCUT2D eigenvalue weighted by molar-refractivity contribution is 5.97. The SMILES string of the molecule is CC(C)(C)OC(=O)CC1CCC(C2(C)Oc3cc4c(cc3O2)C(=O)NCC4)CC1. The molecule has 0 radical (unpaired) electrons. The third-order valence-corrected chi connectivity index (χ3v) is 6.18. The largest absolute Gasteiger partial charge is 0.460 e. The third-order valence-electron chi connectivity index (χ3n) is 6.18.